The van der Waals surface area contributed by atoms with Gasteiger partial charge in [-0.3, -0.25) is 9.98 Å². The third kappa shape index (κ3) is 4.59. The van der Waals surface area contributed by atoms with Crippen molar-refractivity contribution in [3.05, 3.63) is 88.5 Å². The molecule has 0 aliphatic rings. The highest BCUT2D eigenvalue weighted by molar-refractivity contribution is 5.98. The Bertz CT molecular complexity index is 1090. The fraction of sp³-hybridized carbons (Fsp3) is 0.0435. The van der Waals surface area contributed by atoms with Crippen LogP contribution < -0.4 is 0 Å². The van der Waals surface area contributed by atoms with Crippen LogP contribution >= 0.6 is 0 Å². The molecule has 0 aliphatic heterocycles. The second-order valence-corrected chi connectivity index (χ2v) is 6.45. The molecule has 0 atom stereocenters. The van der Waals surface area contributed by atoms with Crippen LogP contribution in [-0.4, -0.2) is 39.7 Å². The van der Waals surface area contributed by atoms with E-state index in [1.165, 1.54) is 24.6 Å². The van der Waals surface area contributed by atoms with Crippen LogP contribution in [0.2, 0.25) is 0 Å². The van der Waals surface area contributed by atoms with Crippen molar-refractivity contribution < 1.29 is 24.9 Å². The zero-order valence-electron chi connectivity index (χ0n) is 16.0. The van der Waals surface area contributed by atoms with Crippen molar-refractivity contribution in [2.24, 2.45) is 9.98 Å². The molecule has 0 amide bonds. The maximum Gasteiger partial charge on any atom is 0.337 e. The molecule has 3 aromatic carbocycles. The zero-order valence-corrected chi connectivity index (χ0v) is 16.0. The maximum atomic E-state index is 11.3. The summed E-state index contributed by atoms with van der Waals surface area (Å²) in [5.74, 6) is -2.30. The average molecular weight is 402 g/mol. The molecule has 0 fully saturated rings. The maximum absolute atomic E-state index is 11.3. The Labute approximate surface area is 172 Å². The first-order valence-corrected chi connectivity index (χ1v) is 8.93. The molecule has 3 rings (SSSR count). The van der Waals surface area contributed by atoms with Crippen molar-refractivity contribution in [2.45, 2.75) is 6.92 Å². The molecule has 3 aromatic rings. The van der Waals surface area contributed by atoms with E-state index < -0.39 is 11.9 Å². The summed E-state index contributed by atoms with van der Waals surface area (Å²) in [5.41, 5.74) is 2.19. The number of phenolic OH excluding ortho intramolecular Hbond substituents is 1. The molecule has 0 aliphatic carbocycles. The lowest BCUT2D eigenvalue weighted by Crippen LogP contribution is -1.97. The van der Waals surface area contributed by atoms with E-state index in [0.717, 1.165) is 5.56 Å². The number of phenols is 1. The number of nitrogens with zero attached hydrogens (tertiary/aromatic N) is 2. The molecule has 3 N–H and O–H groups in total. The SMILES string of the molecule is Cc1cc(C=Nc2ccccc2C(=O)O)c(O)c(C=Nc2ccccc2C(=O)O)c1. The fourth-order valence-electron chi connectivity index (χ4n) is 2.84. The first-order chi connectivity index (χ1) is 14.4. The summed E-state index contributed by atoms with van der Waals surface area (Å²) in [6, 6.07) is 16.0. The minimum Gasteiger partial charge on any atom is -0.507 e. The van der Waals surface area contributed by atoms with E-state index in [1.54, 1.807) is 48.5 Å². The van der Waals surface area contributed by atoms with E-state index in [2.05, 4.69) is 9.98 Å². The van der Waals surface area contributed by atoms with Crippen LogP contribution in [0.25, 0.3) is 0 Å². The molecule has 0 heterocycles. The van der Waals surface area contributed by atoms with Gasteiger partial charge in [-0.2, -0.15) is 0 Å². The van der Waals surface area contributed by atoms with E-state index in [9.17, 15) is 24.9 Å². The number of carbonyl (C=O) groups is 2. The van der Waals surface area contributed by atoms with Gasteiger partial charge in [-0.05, 0) is 48.9 Å². The number of carboxylic acids is 2. The molecule has 0 spiro atoms. The van der Waals surface area contributed by atoms with Gasteiger partial charge in [0.15, 0.2) is 0 Å². The highest BCUT2D eigenvalue weighted by atomic mass is 16.4. The van der Waals surface area contributed by atoms with Gasteiger partial charge in [0.2, 0.25) is 0 Å². The van der Waals surface area contributed by atoms with Crippen molar-refractivity contribution in [1.29, 1.82) is 0 Å². The third-order valence-corrected chi connectivity index (χ3v) is 4.27. The lowest BCUT2D eigenvalue weighted by atomic mass is 10.1. The summed E-state index contributed by atoms with van der Waals surface area (Å²) in [6.45, 7) is 1.82. The van der Waals surface area contributed by atoms with Gasteiger partial charge in [-0.25, -0.2) is 9.59 Å². The normalized spacial score (nSPS) is 11.2. The molecule has 0 bridgehead atoms. The van der Waals surface area contributed by atoms with Gasteiger partial charge in [-0.15, -0.1) is 0 Å². The van der Waals surface area contributed by atoms with Gasteiger partial charge in [0.05, 0.1) is 22.5 Å². The topological polar surface area (TPSA) is 120 Å². The Morgan fingerprint density at radius 2 is 1.17 bits per heavy atom. The smallest absolute Gasteiger partial charge is 0.337 e. The number of aliphatic imine (C=N–C) groups is 2. The van der Waals surface area contributed by atoms with Crippen molar-refractivity contribution in [3.8, 4) is 5.75 Å². The highest BCUT2D eigenvalue weighted by Crippen LogP contribution is 2.25. The molecule has 0 radical (unpaired) electrons. The van der Waals surface area contributed by atoms with E-state index >= 15 is 0 Å². The van der Waals surface area contributed by atoms with Crippen molar-refractivity contribution in [3.63, 3.8) is 0 Å². The Kier molecular flexibility index (Phi) is 6.03. The van der Waals surface area contributed by atoms with E-state index in [0.29, 0.717) is 11.1 Å². The summed E-state index contributed by atoms with van der Waals surface area (Å²) >= 11 is 0. The number of hydrogen-bond donors (Lipinski definition) is 3. The minimum absolute atomic E-state index is 0.0490. The number of hydrogen-bond acceptors (Lipinski definition) is 5. The molecule has 30 heavy (non-hydrogen) atoms. The molecule has 150 valence electrons. The van der Waals surface area contributed by atoms with Crippen LogP contribution in [0.1, 0.15) is 37.4 Å². The van der Waals surface area contributed by atoms with Gasteiger partial charge < -0.3 is 15.3 Å². The zero-order chi connectivity index (χ0) is 21.7. The standard InChI is InChI=1S/C23H18N2O5/c1-14-10-15(12-24-19-8-4-2-6-17(19)22(27)28)21(26)16(11-14)13-25-20-9-5-3-7-18(20)23(29)30/h2-13,26H,1H3,(H,27,28)(H,29,30). The third-order valence-electron chi connectivity index (χ3n) is 4.27. The lowest BCUT2D eigenvalue weighted by Gasteiger charge is -2.06. The first-order valence-electron chi connectivity index (χ1n) is 8.93. The second kappa shape index (κ2) is 8.83. The molecular formula is C23H18N2O5. The van der Waals surface area contributed by atoms with Crippen LogP contribution in [0.15, 0.2) is 70.6 Å². The number of carboxylic acid groups (broad SMARTS) is 2. The van der Waals surface area contributed by atoms with Gasteiger partial charge in [-0.1, -0.05) is 24.3 Å². The van der Waals surface area contributed by atoms with Crippen LogP contribution in [0.5, 0.6) is 5.75 Å². The van der Waals surface area contributed by atoms with Crippen molar-refractivity contribution >= 4 is 35.7 Å². The molecular weight excluding hydrogens is 384 g/mol. The summed E-state index contributed by atoms with van der Waals surface area (Å²) in [7, 11) is 0. The Morgan fingerprint density at radius 1 is 0.767 bits per heavy atom. The lowest BCUT2D eigenvalue weighted by molar-refractivity contribution is 0.0687. The van der Waals surface area contributed by atoms with Gasteiger partial charge in [0.25, 0.3) is 0 Å². The van der Waals surface area contributed by atoms with Crippen LogP contribution in [-0.2, 0) is 0 Å². The molecule has 0 aromatic heterocycles. The molecule has 7 heteroatoms. The van der Waals surface area contributed by atoms with Gasteiger partial charge in [0, 0.05) is 23.6 Å². The number of para-hydroxylation sites is 2. The van der Waals surface area contributed by atoms with Gasteiger partial charge in [0.1, 0.15) is 5.75 Å². The van der Waals surface area contributed by atoms with E-state index in [4.69, 9.17) is 0 Å². The molecule has 0 saturated carbocycles. The summed E-state index contributed by atoms with van der Waals surface area (Å²) < 4.78 is 0. The first kappa shape index (κ1) is 20.5. The fourth-order valence-corrected chi connectivity index (χ4v) is 2.84. The monoisotopic (exact) mass is 402 g/mol. The number of benzene rings is 3. The van der Waals surface area contributed by atoms with E-state index in [-0.39, 0.29) is 28.3 Å². The number of aryl methyl sites for hydroxylation is 1. The van der Waals surface area contributed by atoms with Crippen LogP contribution in [0.4, 0.5) is 11.4 Å². The summed E-state index contributed by atoms with van der Waals surface area (Å²) in [5, 5.41) is 29.1. The van der Waals surface area contributed by atoms with Gasteiger partial charge >= 0.3 is 11.9 Å². The number of aromatic hydroxyl groups is 1. The molecule has 0 unspecified atom stereocenters. The Morgan fingerprint density at radius 3 is 1.57 bits per heavy atom. The average Bonchev–Trinajstić information content (AvgIpc) is 2.73. The summed E-state index contributed by atoms with van der Waals surface area (Å²) in [4.78, 5) is 31.1. The molecule has 0 saturated heterocycles. The van der Waals surface area contributed by atoms with Crippen molar-refractivity contribution in [1.82, 2.24) is 0 Å². The van der Waals surface area contributed by atoms with Crippen molar-refractivity contribution in [2.75, 3.05) is 0 Å². The minimum atomic E-state index is -1.10. The number of rotatable bonds is 6. The quantitative estimate of drug-likeness (QED) is 0.521. The van der Waals surface area contributed by atoms with Crippen LogP contribution in [0.3, 0.4) is 0 Å². The molecule has 7 nitrogen and oxygen atoms in total. The highest BCUT2D eigenvalue weighted by Gasteiger charge is 2.11. The Balaban J connectivity index is 1.97. The van der Waals surface area contributed by atoms with E-state index in [1.807, 2.05) is 6.92 Å². The predicted octanol–water partition coefficient (Wildman–Crippen LogP) is 4.60. The summed E-state index contributed by atoms with van der Waals surface area (Å²) in [6.07, 6.45) is 2.76. The van der Waals surface area contributed by atoms with Crippen LogP contribution in [0, 0.1) is 6.92 Å². The number of aromatic carboxylic acids is 2. The largest absolute Gasteiger partial charge is 0.507 e. The Hall–Kier alpha value is -4.26. The second-order valence-electron chi connectivity index (χ2n) is 6.45. The predicted molar refractivity (Wildman–Crippen MR) is 114 cm³/mol.